The van der Waals surface area contributed by atoms with Gasteiger partial charge in [-0.1, -0.05) is 133 Å². The Morgan fingerprint density at radius 2 is 0.933 bits per heavy atom. The Morgan fingerprint density at radius 1 is 0.533 bits per heavy atom. The first kappa shape index (κ1) is 23.6. The van der Waals surface area contributed by atoms with E-state index in [9.17, 15) is 0 Å². The number of rotatable bonds is 14. The predicted molar refractivity (Wildman–Crippen MR) is 134 cm³/mol. The van der Waals surface area contributed by atoms with Crippen molar-refractivity contribution >= 4 is 0 Å². The van der Waals surface area contributed by atoms with Gasteiger partial charge in [-0.2, -0.15) is 0 Å². The first-order valence-electron chi connectivity index (χ1n) is 13.5. The van der Waals surface area contributed by atoms with Gasteiger partial charge in [-0.15, -0.1) is 0 Å². The first-order valence-corrected chi connectivity index (χ1v) is 13.5. The molecule has 3 aliphatic carbocycles. The Bertz CT molecular complexity index is 562. The molecule has 0 heterocycles. The summed E-state index contributed by atoms with van der Waals surface area (Å²) in [5.41, 5.74) is 3.25. The quantitative estimate of drug-likeness (QED) is 0.251. The van der Waals surface area contributed by atoms with Crippen molar-refractivity contribution in [3.8, 4) is 0 Å². The Hall–Kier alpha value is -1.04. The van der Waals surface area contributed by atoms with E-state index in [2.05, 4.69) is 57.2 Å². The largest absolute Gasteiger partial charge is 0.0799 e. The van der Waals surface area contributed by atoms with Gasteiger partial charge in [0.05, 0.1) is 0 Å². The molecule has 0 aromatic heterocycles. The zero-order valence-electron chi connectivity index (χ0n) is 20.3. The van der Waals surface area contributed by atoms with Crippen molar-refractivity contribution in [2.75, 3.05) is 0 Å². The van der Waals surface area contributed by atoms with E-state index < -0.39 is 0 Å². The third kappa shape index (κ3) is 6.48. The second-order valence-electron chi connectivity index (χ2n) is 10.4. The lowest BCUT2D eigenvalue weighted by atomic mass is 9.80. The lowest BCUT2D eigenvalue weighted by molar-refractivity contribution is 0.410. The van der Waals surface area contributed by atoms with Crippen LogP contribution in [0.5, 0.6) is 0 Å². The summed E-state index contributed by atoms with van der Waals surface area (Å²) in [5, 5.41) is 0. The smallest absolute Gasteiger partial charge is 0.00955 e. The fourth-order valence-electron chi connectivity index (χ4n) is 6.14. The highest BCUT2D eigenvalue weighted by Crippen LogP contribution is 2.52. The van der Waals surface area contributed by atoms with Crippen LogP contribution >= 0.6 is 0 Å². The van der Waals surface area contributed by atoms with Gasteiger partial charge in [-0.05, 0) is 55.3 Å². The topological polar surface area (TPSA) is 0 Å². The Kier molecular flexibility index (Phi) is 10.0. The number of unbranched alkanes of at least 4 members (excludes halogenated alkanes) is 10. The maximum absolute atomic E-state index is 2.68. The van der Waals surface area contributed by atoms with Crippen LogP contribution in [0.15, 0.2) is 47.6 Å². The Morgan fingerprint density at radius 3 is 1.37 bits per heavy atom. The third-order valence-corrected chi connectivity index (χ3v) is 8.06. The molecule has 0 spiro atoms. The van der Waals surface area contributed by atoms with Crippen LogP contribution in [0.1, 0.15) is 111 Å². The lowest BCUT2D eigenvalue weighted by Crippen LogP contribution is -2.16. The van der Waals surface area contributed by atoms with E-state index in [1.807, 2.05) is 0 Å². The summed E-state index contributed by atoms with van der Waals surface area (Å²) < 4.78 is 0. The van der Waals surface area contributed by atoms with E-state index in [0.717, 1.165) is 29.6 Å². The second kappa shape index (κ2) is 12.7. The predicted octanol–water partition coefficient (Wildman–Crippen LogP) is 9.59. The van der Waals surface area contributed by atoms with Gasteiger partial charge in [0.1, 0.15) is 0 Å². The zero-order valence-corrected chi connectivity index (χ0v) is 20.3. The van der Waals surface area contributed by atoms with E-state index in [1.165, 1.54) is 89.9 Å². The molecule has 0 radical (unpaired) electrons. The normalized spacial score (nSPS) is 29.5. The van der Waals surface area contributed by atoms with E-state index in [0.29, 0.717) is 0 Å². The van der Waals surface area contributed by atoms with Crippen molar-refractivity contribution in [3.63, 3.8) is 0 Å². The maximum atomic E-state index is 2.68. The Balaban J connectivity index is 1.46. The van der Waals surface area contributed by atoms with Gasteiger partial charge in [0.2, 0.25) is 0 Å². The third-order valence-electron chi connectivity index (χ3n) is 8.06. The summed E-state index contributed by atoms with van der Waals surface area (Å²) in [4.78, 5) is 0. The van der Waals surface area contributed by atoms with Crippen LogP contribution in [-0.2, 0) is 0 Å². The number of fused-ring (bicyclic) bond motifs is 3. The Labute approximate surface area is 188 Å². The standard InChI is InChI=1S/C30H48/c1-4-6-8-10-12-14-16-25-18-20-27-28-21-19-26(17-15-13-11-9-7-5-2)23-30(28)24(3)29(27)22-25/h18-24,27-30H,4-17H2,1-3H3. The molecular formula is C30H48. The van der Waals surface area contributed by atoms with Gasteiger partial charge < -0.3 is 0 Å². The minimum Gasteiger partial charge on any atom is -0.0799 e. The number of allylic oxidation sites excluding steroid dienone is 8. The monoisotopic (exact) mass is 408 g/mol. The van der Waals surface area contributed by atoms with Gasteiger partial charge in [0.15, 0.2) is 0 Å². The molecule has 0 nitrogen and oxygen atoms in total. The first-order chi connectivity index (χ1) is 14.7. The molecule has 0 bridgehead atoms. The molecule has 0 aromatic rings. The van der Waals surface area contributed by atoms with E-state index in [4.69, 9.17) is 0 Å². The summed E-state index contributed by atoms with van der Waals surface area (Å²) in [7, 11) is 0. The fraction of sp³-hybridized carbons (Fsp3) is 0.733. The molecule has 0 saturated heterocycles. The molecular weight excluding hydrogens is 360 g/mol. The molecule has 4 unspecified atom stereocenters. The number of hydrogen-bond donors (Lipinski definition) is 0. The van der Waals surface area contributed by atoms with E-state index in [1.54, 1.807) is 11.1 Å². The second-order valence-corrected chi connectivity index (χ2v) is 10.4. The van der Waals surface area contributed by atoms with Gasteiger partial charge in [0, 0.05) is 0 Å². The molecule has 1 fully saturated rings. The molecule has 0 heteroatoms. The van der Waals surface area contributed by atoms with Crippen LogP contribution < -0.4 is 0 Å². The summed E-state index contributed by atoms with van der Waals surface area (Å²) in [6.07, 6.45) is 34.8. The summed E-state index contributed by atoms with van der Waals surface area (Å²) in [6, 6.07) is 0. The molecule has 0 aliphatic heterocycles. The van der Waals surface area contributed by atoms with Crippen LogP contribution in [0.3, 0.4) is 0 Å². The average Bonchev–Trinajstić information content (AvgIpc) is 3.04. The van der Waals surface area contributed by atoms with Crippen molar-refractivity contribution in [2.24, 2.45) is 29.6 Å². The van der Waals surface area contributed by atoms with Crippen molar-refractivity contribution in [1.82, 2.24) is 0 Å². The van der Waals surface area contributed by atoms with Crippen LogP contribution in [0.4, 0.5) is 0 Å². The van der Waals surface area contributed by atoms with Crippen molar-refractivity contribution < 1.29 is 0 Å². The summed E-state index contributed by atoms with van der Waals surface area (Å²) in [5.74, 6) is 3.78. The summed E-state index contributed by atoms with van der Waals surface area (Å²) >= 11 is 0. The van der Waals surface area contributed by atoms with E-state index >= 15 is 0 Å². The van der Waals surface area contributed by atoms with Gasteiger partial charge in [-0.3, -0.25) is 0 Å². The van der Waals surface area contributed by atoms with Crippen LogP contribution in [0, 0.1) is 29.6 Å². The number of hydrogen-bond acceptors (Lipinski definition) is 0. The van der Waals surface area contributed by atoms with Crippen molar-refractivity contribution in [3.05, 3.63) is 47.6 Å². The molecule has 1 saturated carbocycles. The zero-order chi connectivity index (χ0) is 21.2. The average molecular weight is 409 g/mol. The SMILES string of the molecule is CCCCCCCCC1=CC2C(C)C3C=C(CCCCCCCC)C=CC3C2C=C1. The van der Waals surface area contributed by atoms with Gasteiger partial charge in [-0.25, -0.2) is 0 Å². The molecule has 168 valence electrons. The molecule has 3 rings (SSSR count). The molecule has 0 amide bonds. The highest BCUT2D eigenvalue weighted by Gasteiger charge is 2.45. The van der Waals surface area contributed by atoms with Crippen molar-refractivity contribution in [1.29, 1.82) is 0 Å². The minimum atomic E-state index is 0.737. The van der Waals surface area contributed by atoms with Gasteiger partial charge >= 0.3 is 0 Å². The molecule has 0 aromatic carbocycles. The van der Waals surface area contributed by atoms with Crippen LogP contribution in [0.2, 0.25) is 0 Å². The van der Waals surface area contributed by atoms with Crippen LogP contribution in [0.25, 0.3) is 0 Å². The maximum Gasteiger partial charge on any atom is -0.00955 e. The van der Waals surface area contributed by atoms with E-state index in [-0.39, 0.29) is 0 Å². The molecule has 3 aliphatic rings. The van der Waals surface area contributed by atoms with Gasteiger partial charge in [0.25, 0.3) is 0 Å². The summed E-state index contributed by atoms with van der Waals surface area (Å²) in [6.45, 7) is 7.13. The lowest BCUT2D eigenvalue weighted by Gasteiger charge is -2.25. The fourth-order valence-corrected chi connectivity index (χ4v) is 6.14. The van der Waals surface area contributed by atoms with Crippen molar-refractivity contribution in [2.45, 2.75) is 111 Å². The minimum absolute atomic E-state index is 0.737. The van der Waals surface area contributed by atoms with Crippen LogP contribution in [-0.4, -0.2) is 0 Å². The molecule has 0 N–H and O–H groups in total. The molecule has 30 heavy (non-hydrogen) atoms. The molecule has 4 atom stereocenters. The highest BCUT2D eigenvalue weighted by atomic mass is 14.5. The highest BCUT2D eigenvalue weighted by molar-refractivity contribution is 5.35.